The van der Waals surface area contributed by atoms with E-state index in [0.717, 1.165) is 10.6 Å². The summed E-state index contributed by atoms with van der Waals surface area (Å²) in [6, 6.07) is 4.89. The number of carboxylic acids is 1. The van der Waals surface area contributed by atoms with Gasteiger partial charge in [0, 0.05) is 36.0 Å². The van der Waals surface area contributed by atoms with Crippen molar-refractivity contribution < 1.29 is 23.5 Å². The number of benzene rings is 1. The maximum Gasteiger partial charge on any atom is 0.321 e. The second kappa shape index (κ2) is 7.47. The topological polar surface area (TPSA) is 72.9 Å². The van der Waals surface area contributed by atoms with Crippen LogP contribution in [0.3, 0.4) is 0 Å². The van der Waals surface area contributed by atoms with Gasteiger partial charge in [-0.15, -0.1) is 11.8 Å². The highest BCUT2D eigenvalue weighted by Crippen LogP contribution is 2.37. The highest BCUT2D eigenvalue weighted by Gasteiger charge is 2.31. The lowest BCUT2D eigenvalue weighted by atomic mass is 10.1. The Balaban J connectivity index is 1.69. The number of hydrogen-bond acceptors (Lipinski definition) is 4. The number of halogens is 2. The summed E-state index contributed by atoms with van der Waals surface area (Å²) < 4.78 is 25.5. The van der Waals surface area contributed by atoms with Gasteiger partial charge in [0.1, 0.15) is 0 Å². The SMILES string of the molecule is O=C(O)C1CCN(C(=O)Nc2ccc3c(c2)N(CC(F)F)CCS3)C1. The summed E-state index contributed by atoms with van der Waals surface area (Å²) in [5.41, 5.74) is 1.21. The summed E-state index contributed by atoms with van der Waals surface area (Å²) in [4.78, 5) is 27.3. The third-order valence-corrected chi connectivity index (χ3v) is 5.40. The zero-order valence-electron chi connectivity index (χ0n) is 13.5. The number of alkyl halides is 2. The minimum Gasteiger partial charge on any atom is -0.481 e. The van der Waals surface area contributed by atoms with Gasteiger partial charge in [-0.05, 0) is 24.6 Å². The molecule has 0 radical (unpaired) electrons. The van der Waals surface area contributed by atoms with Crippen LogP contribution in [0.25, 0.3) is 0 Å². The number of nitrogens with zero attached hydrogens (tertiary/aromatic N) is 2. The van der Waals surface area contributed by atoms with E-state index in [1.807, 2.05) is 6.07 Å². The van der Waals surface area contributed by atoms with Gasteiger partial charge in [-0.2, -0.15) is 0 Å². The molecule has 0 spiro atoms. The summed E-state index contributed by atoms with van der Waals surface area (Å²) >= 11 is 1.60. The monoisotopic (exact) mass is 371 g/mol. The lowest BCUT2D eigenvalue weighted by Gasteiger charge is -2.31. The molecule has 3 rings (SSSR count). The molecule has 1 saturated heterocycles. The van der Waals surface area contributed by atoms with Crippen molar-refractivity contribution >= 4 is 35.1 Å². The van der Waals surface area contributed by atoms with Crippen LogP contribution >= 0.6 is 11.8 Å². The van der Waals surface area contributed by atoms with E-state index < -0.39 is 18.3 Å². The number of aliphatic carboxylic acids is 1. The fourth-order valence-corrected chi connectivity index (χ4v) is 4.09. The lowest BCUT2D eigenvalue weighted by molar-refractivity contribution is -0.141. The predicted octanol–water partition coefficient (Wildman–Crippen LogP) is 2.80. The number of fused-ring (bicyclic) bond motifs is 1. The second-order valence-corrected chi connectivity index (χ2v) is 7.20. The van der Waals surface area contributed by atoms with Crippen molar-refractivity contribution in [2.45, 2.75) is 17.7 Å². The van der Waals surface area contributed by atoms with E-state index in [-0.39, 0.29) is 19.1 Å². The number of carboxylic acid groups (broad SMARTS) is 1. The van der Waals surface area contributed by atoms with Gasteiger partial charge >= 0.3 is 12.0 Å². The van der Waals surface area contributed by atoms with Crippen molar-refractivity contribution in [1.82, 2.24) is 4.90 Å². The molecule has 2 aliphatic heterocycles. The van der Waals surface area contributed by atoms with Crippen LogP contribution in [0.4, 0.5) is 25.0 Å². The Kier molecular flexibility index (Phi) is 5.31. The number of thioether (sulfide) groups is 1. The molecule has 2 N–H and O–H groups in total. The fourth-order valence-electron chi connectivity index (χ4n) is 3.06. The molecule has 0 saturated carbocycles. The molecule has 25 heavy (non-hydrogen) atoms. The Morgan fingerprint density at radius 1 is 1.36 bits per heavy atom. The van der Waals surface area contributed by atoms with Crippen LogP contribution in [-0.4, -0.2) is 60.4 Å². The van der Waals surface area contributed by atoms with Crippen molar-refractivity contribution in [3.05, 3.63) is 18.2 Å². The second-order valence-electron chi connectivity index (χ2n) is 6.07. The van der Waals surface area contributed by atoms with E-state index in [1.54, 1.807) is 28.8 Å². The molecule has 0 bridgehead atoms. The number of carbonyl (C=O) groups excluding carboxylic acids is 1. The van der Waals surface area contributed by atoms with E-state index in [4.69, 9.17) is 5.11 Å². The average molecular weight is 371 g/mol. The van der Waals surface area contributed by atoms with Crippen molar-refractivity contribution in [2.24, 2.45) is 5.92 Å². The summed E-state index contributed by atoms with van der Waals surface area (Å²) in [7, 11) is 0. The van der Waals surface area contributed by atoms with E-state index in [2.05, 4.69) is 5.32 Å². The van der Waals surface area contributed by atoms with Gasteiger partial charge in [0.15, 0.2) is 0 Å². The van der Waals surface area contributed by atoms with Gasteiger partial charge in [-0.1, -0.05) is 0 Å². The zero-order valence-corrected chi connectivity index (χ0v) is 14.3. The number of urea groups is 1. The molecule has 1 atom stereocenters. The van der Waals surface area contributed by atoms with Crippen molar-refractivity contribution in [2.75, 3.05) is 42.1 Å². The minimum absolute atomic E-state index is 0.180. The van der Waals surface area contributed by atoms with E-state index >= 15 is 0 Å². The molecule has 1 aromatic rings. The molecule has 0 aromatic heterocycles. The smallest absolute Gasteiger partial charge is 0.321 e. The van der Waals surface area contributed by atoms with E-state index in [1.165, 1.54) is 4.90 Å². The standard InChI is InChI=1S/C16H19F2N3O3S/c17-14(18)9-20-5-6-25-13-2-1-11(7-12(13)20)19-16(24)21-4-3-10(8-21)15(22)23/h1-2,7,10,14H,3-6,8-9H2,(H,19,24)(H,22,23). The third-order valence-electron chi connectivity index (χ3n) is 4.35. The molecular weight excluding hydrogens is 352 g/mol. The van der Waals surface area contributed by atoms with Gasteiger partial charge in [-0.3, -0.25) is 4.79 Å². The molecule has 1 aromatic carbocycles. The van der Waals surface area contributed by atoms with Crippen LogP contribution in [0.1, 0.15) is 6.42 Å². The van der Waals surface area contributed by atoms with Crippen LogP contribution in [0.2, 0.25) is 0 Å². The van der Waals surface area contributed by atoms with E-state index in [9.17, 15) is 18.4 Å². The molecule has 1 unspecified atom stereocenters. The Morgan fingerprint density at radius 3 is 2.84 bits per heavy atom. The predicted molar refractivity (Wildman–Crippen MR) is 91.7 cm³/mol. The van der Waals surface area contributed by atoms with Crippen molar-refractivity contribution in [3.63, 3.8) is 0 Å². The van der Waals surface area contributed by atoms with E-state index in [0.29, 0.717) is 30.9 Å². The molecule has 2 heterocycles. The molecule has 0 aliphatic carbocycles. The molecule has 2 aliphatic rings. The number of hydrogen-bond donors (Lipinski definition) is 2. The van der Waals surface area contributed by atoms with Crippen LogP contribution < -0.4 is 10.2 Å². The van der Waals surface area contributed by atoms with Gasteiger partial charge in [0.05, 0.1) is 18.2 Å². The number of nitrogens with one attached hydrogen (secondary N) is 1. The quantitative estimate of drug-likeness (QED) is 0.852. The highest BCUT2D eigenvalue weighted by molar-refractivity contribution is 7.99. The Morgan fingerprint density at radius 2 is 2.16 bits per heavy atom. The zero-order chi connectivity index (χ0) is 18.0. The van der Waals surface area contributed by atoms with Crippen LogP contribution in [0, 0.1) is 5.92 Å². The first-order valence-corrected chi connectivity index (χ1v) is 9.01. The molecule has 1 fully saturated rings. The molecule has 6 nitrogen and oxygen atoms in total. The third kappa shape index (κ3) is 4.15. The maximum atomic E-state index is 12.8. The largest absolute Gasteiger partial charge is 0.481 e. The number of likely N-dealkylation sites (tertiary alicyclic amines) is 1. The van der Waals surface area contributed by atoms with Crippen LogP contribution in [-0.2, 0) is 4.79 Å². The molecule has 2 amide bonds. The van der Waals surface area contributed by atoms with Gasteiger partial charge in [0.25, 0.3) is 6.43 Å². The van der Waals surface area contributed by atoms with Gasteiger partial charge in [-0.25, -0.2) is 13.6 Å². The normalized spacial score (nSPS) is 19.9. The lowest BCUT2D eigenvalue weighted by Crippen LogP contribution is -2.35. The number of anilines is 2. The summed E-state index contributed by atoms with van der Waals surface area (Å²) in [5, 5.41) is 11.7. The van der Waals surface area contributed by atoms with Crippen molar-refractivity contribution in [3.8, 4) is 0 Å². The number of rotatable bonds is 4. The molecular formula is C16H19F2N3O3S. The first-order chi connectivity index (χ1) is 11.9. The molecule has 136 valence electrons. The first kappa shape index (κ1) is 17.8. The highest BCUT2D eigenvalue weighted by atomic mass is 32.2. The summed E-state index contributed by atoms with van der Waals surface area (Å²) in [5.74, 6) is -0.688. The minimum atomic E-state index is -2.42. The number of amides is 2. The Labute approximate surface area is 148 Å². The Bertz CT molecular complexity index is 674. The van der Waals surface area contributed by atoms with Gasteiger partial charge < -0.3 is 20.2 Å². The maximum absolute atomic E-state index is 12.8. The first-order valence-electron chi connectivity index (χ1n) is 8.02. The van der Waals surface area contributed by atoms with Crippen molar-refractivity contribution in [1.29, 1.82) is 0 Å². The molecule has 9 heteroatoms. The fraction of sp³-hybridized carbons (Fsp3) is 0.500. The summed E-state index contributed by atoms with van der Waals surface area (Å²) in [6.45, 7) is 0.768. The summed E-state index contributed by atoms with van der Waals surface area (Å²) in [6.07, 6.45) is -1.99. The van der Waals surface area contributed by atoms with Crippen LogP contribution in [0.15, 0.2) is 23.1 Å². The van der Waals surface area contributed by atoms with Crippen LogP contribution in [0.5, 0.6) is 0 Å². The Hall–Kier alpha value is -2.03. The van der Waals surface area contributed by atoms with Gasteiger partial charge in [0.2, 0.25) is 0 Å². The number of carbonyl (C=O) groups is 2. The average Bonchev–Trinajstić information content (AvgIpc) is 3.05.